The van der Waals surface area contributed by atoms with Gasteiger partial charge in [0.1, 0.15) is 0 Å². The largest absolute Gasteiger partial charge is 0.330 e. The molecule has 0 bridgehead atoms. The molecule has 0 spiro atoms. The van der Waals surface area contributed by atoms with Gasteiger partial charge in [-0.15, -0.1) is 0 Å². The van der Waals surface area contributed by atoms with Crippen LogP contribution in [0.25, 0.3) is 0 Å². The number of halogens is 1. The summed E-state index contributed by atoms with van der Waals surface area (Å²) in [4.78, 5) is 11.3. The van der Waals surface area contributed by atoms with E-state index in [-0.39, 0.29) is 5.56 Å². The number of nitrogens with two attached hydrogens (primary N) is 1. The molecule has 1 rings (SSSR count). The first-order valence-corrected chi connectivity index (χ1v) is 5.10. The lowest BCUT2D eigenvalue weighted by atomic mass is 10.3. The quantitative estimate of drug-likeness (QED) is 0.643. The molecule has 0 atom stereocenters. The van der Waals surface area contributed by atoms with Gasteiger partial charge in [-0.2, -0.15) is 0 Å². The Morgan fingerprint density at radius 1 is 1.38 bits per heavy atom. The zero-order valence-electron chi connectivity index (χ0n) is 7.37. The number of hydrogen-bond acceptors (Lipinski definition) is 2. The molecule has 4 heteroatoms. The van der Waals surface area contributed by atoms with E-state index in [4.69, 9.17) is 5.73 Å². The molecule has 0 amide bonds. The van der Waals surface area contributed by atoms with Gasteiger partial charge in [0.2, 0.25) is 0 Å². The van der Waals surface area contributed by atoms with E-state index in [2.05, 4.69) is 15.9 Å². The van der Waals surface area contributed by atoms with Gasteiger partial charge in [-0.05, 0) is 41.4 Å². The number of pyridine rings is 1. The number of unbranched alkanes of at least 4 members (excludes halogenated alkanes) is 1. The highest BCUT2D eigenvalue weighted by Crippen LogP contribution is 2.06. The van der Waals surface area contributed by atoms with Crippen molar-refractivity contribution in [1.29, 1.82) is 0 Å². The molecule has 0 saturated carbocycles. The van der Waals surface area contributed by atoms with Crippen molar-refractivity contribution in [2.24, 2.45) is 5.73 Å². The van der Waals surface area contributed by atoms with Gasteiger partial charge in [0.05, 0.1) is 4.60 Å². The summed E-state index contributed by atoms with van der Waals surface area (Å²) in [7, 11) is 0. The standard InChI is InChI=1S/C9H13BrN2O/c10-8-4-3-5-9(13)12(8)7-2-1-6-11/h3-5H,1-2,6-7,11H2. The maximum atomic E-state index is 11.3. The normalized spacial score (nSPS) is 10.3. The van der Waals surface area contributed by atoms with E-state index in [0.29, 0.717) is 6.54 Å². The molecule has 0 unspecified atom stereocenters. The third-order valence-corrected chi connectivity index (χ3v) is 2.52. The topological polar surface area (TPSA) is 48.0 Å². The number of rotatable bonds is 4. The molecule has 1 heterocycles. The molecule has 0 aliphatic carbocycles. The van der Waals surface area contributed by atoms with Crippen molar-refractivity contribution < 1.29 is 0 Å². The second-order valence-corrected chi connectivity index (χ2v) is 3.65. The molecule has 0 saturated heterocycles. The van der Waals surface area contributed by atoms with E-state index in [9.17, 15) is 4.79 Å². The van der Waals surface area contributed by atoms with Gasteiger partial charge in [0.25, 0.3) is 5.56 Å². The Morgan fingerprint density at radius 2 is 2.15 bits per heavy atom. The molecule has 1 aromatic rings. The first-order chi connectivity index (χ1) is 6.25. The fourth-order valence-electron chi connectivity index (χ4n) is 1.13. The van der Waals surface area contributed by atoms with Crippen LogP contribution in [0, 0.1) is 0 Å². The Labute approximate surface area is 85.7 Å². The van der Waals surface area contributed by atoms with Crippen molar-refractivity contribution in [2.45, 2.75) is 19.4 Å². The van der Waals surface area contributed by atoms with Crippen LogP contribution in [0.15, 0.2) is 27.6 Å². The maximum absolute atomic E-state index is 11.3. The second kappa shape index (κ2) is 5.19. The predicted molar refractivity (Wildman–Crippen MR) is 56.7 cm³/mol. The van der Waals surface area contributed by atoms with Crippen molar-refractivity contribution in [3.63, 3.8) is 0 Å². The van der Waals surface area contributed by atoms with E-state index < -0.39 is 0 Å². The lowest BCUT2D eigenvalue weighted by molar-refractivity contribution is 0.589. The average Bonchev–Trinajstić information content (AvgIpc) is 2.10. The fraction of sp³-hybridized carbons (Fsp3) is 0.444. The van der Waals surface area contributed by atoms with E-state index in [1.54, 1.807) is 16.7 Å². The molecule has 1 aromatic heterocycles. The van der Waals surface area contributed by atoms with Crippen LogP contribution >= 0.6 is 15.9 Å². The maximum Gasteiger partial charge on any atom is 0.251 e. The molecular weight excluding hydrogens is 232 g/mol. The van der Waals surface area contributed by atoms with Crippen LogP contribution in [0.1, 0.15) is 12.8 Å². The minimum absolute atomic E-state index is 0.0337. The highest BCUT2D eigenvalue weighted by atomic mass is 79.9. The van der Waals surface area contributed by atoms with Gasteiger partial charge < -0.3 is 10.3 Å². The Morgan fingerprint density at radius 3 is 2.77 bits per heavy atom. The van der Waals surface area contributed by atoms with Gasteiger partial charge in [-0.1, -0.05) is 6.07 Å². The van der Waals surface area contributed by atoms with Gasteiger partial charge >= 0.3 is 0 Å². The molecule has 0 aromatic carbocycles. The molecule has 0 aliphatic heterocycles. The van der Waals surface area contributed by atoms with E-state index >= 15 is 0 Å². The minimum atomic E-state index is 0.0337. The Balaban J connectivity index is 2.70. The summed E-state index contributed by atoms with van der Waals surface area (Å²) < 4.78 is 2.53. The van der Waals surface area contributed by atoms with Crippen LogP contribution < -0.4 is 11.3 Å². The third kappa shape index (κ3) is 2.97. The van der Waals surface area contributed by atoms with Crippen LogP contribution in [0.4, 0.5) is 0 Å². The van der Waals surface area contributed by atoms with Crippen LogP contribution in [0.5, 0.6) is 0 Å². The second-order valence-electron chi connectivity index (χ2n) is 2.83. The summed E-state index contributed by atoms with van der Waals surface area (Å²) in [6.45, 7) is 1.41. The Bertz CT molecular complexity index is 322. The number of nitrogens with zero attached hydrogens (tertiary/aromatic N) is 1. The van der Waals surface area contributed by atoms with E-state index in [1.807, 2.05) is 6.07 Å². The molecule has 0 radical (unpaired) electrons. The van der Waals surface area contributed by atoms with Gasteiger partial charge in [0.15, 0.2) is 0 Å². The van der Waals surface area contributed by atoms with Crippen LogP contribution in [-0.4, -0.2) is 11.1 Å². The summed E-state index contributed by atoms with van der Waals surface area (Å²) in [6, 6.07) is 5.17. The third-order valence-electron chi connectivity index (χ3n) is 1.83. The molecule has 13 heavy (non-hydrogen) atoms. The SMILES string of the molecule is NCCCCn1c(Br)cccc1=O. The van der Waals surface area contributed by atoms with Gasteiger partial charge in [0, 0.05) is 12.6 Å². The monoisotopic (exact) mass is 244 g/mol. The highest BCUT2D eigenvalue weighted by molar-refractivity contribution is 9.10. The van der Waals surface area contributed by atoms with Crippen molar-refractivity contribution >= 4 is 15.9 Å². The summed E-state index contributed by atoms with van der Waals surface area (Å²) in [6.07, 6.45) is 1.90. The molecule has 2 N–H and O–H groups in total. The Kier molecular flexibility index (Phi) is 4.18. The average molecular weight is 245 g/mol. The number of hydrogen-bond donors (Lipinski definition) is 1. The van der Waals surface area contributed by atoms with Crippen LogP contribution in [0.3, 0.4) is 0 Å². The summed E-state index contributed by atoms with van der Waals surface area (Å²) >= 11 is 3.33. The van der Waals surface area contributed by atoms with E-state index in [0.717, 1.165) is 24.0 Å². The fourth-order valence-corrected chi connectivity index (χ4v) is 1.63. The predicted octanol–water partition coefficient (Wildman–Crippen LogP) is 1.35. The van der Waals surface area contributed by atoms with Crippen LogP contribution in [0.2, 0.25) is 0 Å². The minimum Gasteiger partial charge on any atom is -0.330 e. The van der Waals surface area contributed by atoms with E-state index in [1.165, 1.54) is 0 Å². The van der Waals surface area contributed by atoms with Crippen molar-refractivity contribution in [3.05, 3.63) is 33.2 Å². The summed E-state index contributed by atoms with van der Waals surface area (Å²) in [5.41, 5.74) is 5.40. The lowest BCUT2D eigenvalue weighted by Crippen LogP contribution is -2.19. The summed E-state index contributed by atoms with van der Waals surface area (Å²) in [5.74, 6) is 0. The smallest absolute Gasteiger partial charge is 0.251 e. The lowest BCUT2D eigenvalue weighted by Gasteiger charge is -2.06. The first-order valence-electron chi connectivity index (χ1n) is 4.31. The highest BCUT2D eigenvalue weighted by Gasteiger charge is 1.98. The number of aromatic nitrogens is 1. The molecular formula is C9H13BrN2O. The zero-order chi connectivity index (χ0) is 9.68. The zero-order valence-corrected chi connectivity index (χ0v) is 8.96. The molecule has 0 fully saturated rings. The molecule has 72 valence electrons. The Hall–Kier alpha value is -0.610. The van der Waals surface area contributed by atoms with Crippen molar-refractivity contribution in [3.8, 4) is 0 Å². The first kappa shape index (κ1) is 10.5. The molecule has 0 aliphatic rings. The van der Waals surface area contributed by atoms with Crippen molar-refractivity contribution in [2.75, 3.05) is 6.54 Å². The van der Waals surface area contributed by atoms with Gasteiger partial charge in [-0.25, -0.2) is 0 Å². The molecule has 3 nitrogen and oxygen atoms in total. The van der Waals surface area contributed by atoms with Crippen molar-refractivity contribution in [1.82, 2.24) is 4.57 Å². The summed E-state index contributed by atoms with van der Waals surface area (Å²) in [5, 5.41) is 0. The van der Waals surface area contributed by atoms with Gasteiger partial charge in [-0.3, -0.25) is 4.79 Å². The van der Waals surface area contributed by atoms with Crippen LogP contribution in [-0.2, 0) is 6.54 Å².